The Balaban J connectivity index is 3.24. The molecule has 0 bridgehead atoms. The van der Waals surface area contributed by atoms with Crippen LogP contribution in [0.3, 0.4) is 0 Å². The average molecular weight is 497 g/mol. The van der Waals surface area contributed by atoms with Crippen molar-refractivity contribution in [3.63, 3.8) is 0 Å². The highest BCUT2D eigenvalue weighted by atomic mass is 79.9. The van der Waals surface area contributed by atoms with Gasteiger partial charge in [-0.05, 0) is 85.2 Å². The lowest BCUT2D eigenvalue weighted by atomic mass is 10.2. The van der Waals surface area contributed by atoms with Crippen molar-refractivity contribution in [2.24, 2.45) is 0 Å². The maximum Gasteiger partial charge on any atom is 0.368 e. The Hall–Kier alpha value is -0.890. The highest BCUT2D eigenvalue weighted by molar-refractivity contribution is 9.10. The molecule has 0 unspecified atom stereocenters. The van der Waals surface area contributed by atoms with Crippen LogP contribution < -0.4 is 14.2 Å². The maximum absolute atomic E-state index is 13.1. The van der Waals surface area contributed by atoms with Gasteiger partial charge >= 0.3 is 13.6 Å². The van der Waals surface area contributed by atoms with E-state index >= 15 is 0 Å². The quantitative estimate of drug-likeness (QED) is 0.386. The van der Waals surface area contributed by atoms with Gasteiger partial charge in [-0.15, -0.1) is 0 Å². The Morgan fingerprint density at radius 1 is 0.862 bits per heavy atom. The molecule has 0 spiro atoms. The first-order valence-corrected chi connectivity index (χ1v) is 12.1. The van der Waals surface area contributed by atoms with Crippen LogP contribution in [0.5, 0.6) is 17.8 Å². The fraction of sp³-hybridized carbons (Fsp3) is 0.789. The van der Waals surface area contributed by atoms with Crippen LogP contribution >= 0.6 is 23.5 Å². The molecule has 0 fully saturated rings. The number of halogens is 1. The molecule has 1 aromatic rings. The van der Waals surface area contributed by atoms with E-state index in [9.17, 15) is 4.57 Å². The van der Waals surface area contributed by atoms with Gasteiger partial charge in [-0.2, -0.15) is 9.97 Å². The molecule has 29 heavy (non-hydrogen) atoms. The lowest BCUT2D eigenvalue weighted by Gasteiger charge is -2.25. The highest BCUT2D eigenvalue weighted by Crippen LogP contribution is 2.51. The van der Waals surface area contributed by atoms with Crippen LogP contribution in [0.2, 0.25) is 0 Å². The molecular weight excluding hydrogens is 463 g/mol. The minimum absolute atomic E-state index is 0.0827. The van der Waals surface area contributed by atoms with Crippen molar-refractivity contribution in [2.45, 2.75) is 92.6 Å². The normalized spacial score (nSPS) is 13.1. The van der Waals surface area contributed by atoms with Crippen molar-refractivity contribution in [2.75, 3.05) is 6.35 Å². The first-order valence-electron chi connectivity index (χ1n) is 9.54. The zero-order valence-corrected chi connectivity index (χ0v) is 21.5. The van der Waals surface area contributed by atoms with Crippen molar-refractivity contribution >= 4 is 23.5 Å². The van der Waals surface area contributed by atoms with E-state index in [0.29, 0.717) is 4.47 Å². The van der Waals surface area contributed by atoms with Gasteiger partial charge in [0, 0.05) is 0 Å². The van der Waals surface area contributed by atoms with Crippen LogP contribution in [-0.4, -0.2) is 39.7 Å². The van der Waals surface area contributed by atoms with E-state index in [1.807, 2.05) is 41.5 Å². The van der Waals surface area contributed by atoms with Crippen molar-refractivity contribution in [1.82, 2.24) is 9.97 Å². The lowest BCUT2D eigenvalue weighted by molar-refractivity contribution is 0.0985. The Labute approximate surface area is 182 Å². The number of hydrogen-bond donors (Lipinski definition) is 0. The third-order valence-electron chi connectivity index (χ3n) is 2.67. The Kier molecular flexibility index (Phi) is 8.97. The number of rotatable bonds is 9. The largest absolute Gasteiger partial charge is 0.471 e. The molecule has 0 amide bonds. The van der Waals surface area contributed by atoms with E-state index in [1.54, 1.807) is 27.7 Å². The summed E-state index contributed by atoms with van der Waals surface area (Å²) in [7, 11) is -3.51. The second kappa shape index (κ2) is 9.94. The van der Waals surface area contributed by atoms with Gasteiger partial charge in [-0.25, -0.2) is 0 Å². The van der Waals surface area contributed by atoms with Crippen molar-refractivity contribution in [1.29, 1.82) is 0 Å². The van der Waals surface area contributed by atoms with Crippen molar-refractivity contribution in [3.8, 4) is 17.8 Å². The van der Waals surface area contributed by atoms with Crippen LogP contribution in [0.15, 0.2) is 4.47 Å². The van der Waals surface area contributed by atoms with E-state index < -0.39 is 18.8 Å². The zero-order chi connectivity index (χ0) is 22.6. The summed E-state index contributed by atoms with van der Waals surface area (Å²) in [5.74, 6) is 0.379. The standard InChI is InChI=1S/C19H34BrN2O6P/c1-12(2)27-29(23,28-13(3)4)11-24-15-14(20)16(25-18(5,6)7)22-17(21-15)26-19(8,9)10/h12-13H,11H2,1-10H3. The van der Waals surface area contributed by atoms with Crippen LogP contribution in [0.25, 0.3) is 0 Å². The molecule has 8 nitrogen and oxygen atoms in total. The number of ether oxygens (including phenoxy) is 3. The number of aromatic nitrogens is 2. The second-order valence-electron chi connectivity index (χ2n) is 9.05. The van der Waals surface area contributed by atoms with E-state index in [-0.39, 0.29) is 36.3 Å². The topological polar surface area (TPSA) is 89.0 Å². The average Bonchev–Trinajstić information content (AvgIpc) is 2.44. The third kappa shape index (κ3) is 10.1. The molecule has 0 aliphatic heterocycles. The van der Waals surface area contributed by atoms with E-state index in [1.165, 1.54) is 0 Å². The molecule has 0 aliphatic rings. The van der Waals surface area contributed by atoms with Crippen LogP contribution in [-0.2, 0) is 13.6 Å². The summed E-state index contributed by atoms with van der Waals surface area (Å²) in [4.78, 5) is 8.63. The van der Waals surface area contributed by atoms with Gasteiger partial charge in [0.25, 0.3) is 0 Å². The van der Waals surface area contributed by atoms with E-state index in [2.05, 4.69) is 25.9 Å². The molecule has 0 saturated carbocycles. The summed E-state index contributed by atoms with van der Waals surface area (Å²) >= 11 is 3.42. The molecule has 1 rings (SSSR count). The number of nitrogens with zero attached hydrogens (tertiary/aromatic N) is 2. The van der Waals surface area contributed by atoms with Crippen LogP contribution in [0.4, 0.5) is 0 Å². The Morgan fingerprint density at radius 2 is 1.31 bits per heavy atom. The summed E-state index contributed by atoms with van der Waals surface area (Å²) in [6.07, 6.45) is -0.906. The molecule has 10 heteroatoms. The molecule has 1 heterocycles. The minimum Gasteiger partial charge on any atom is -0.471 e. The second-order valence-corrected chi connectivity index (χ2v) is 11.7. The molecule has 168 valence electrons. The van der Waals surface area contributed by atoms with Gasteiger partial charge in [0.2, 0.25) is 11.8 Å². The molecular formula is C19H34BrN2O6P. The van der Waals surface area contributed by atoms with Gasteiger partial charge in [0.1, 0.15) is 15.7 Å². The van der Waals surface area contributed by atoms with Gasteiger partial charge in [0.15, 0.2) is 6.35 Å². The van der Waals surface area contributed by atoms with Gasteiger partial charge in [-0.3, -0.25) is 4.57 Å². The molecule has 0 N–H and O–H groups in total. The molecule has 0 aliphatic carbocycles. The number of hydrogen-bond acceptors (Lipinski definition) is 8. The Bertz CT molecular complexity index is 715. The molecule has 0 atom stereocenters. The summed E-state index contributed by atoms with van der Waals surface area (Å²) in [5.41, 5.74) is -1.04. The van der Waals surface area contributed by atoms with Crippen molar-refractivity contribution in [3.05, 3.63) is 4.47 Å². The molecule has 0 radical (unpaired) electrons. The molecule has 0 aromatic carbocycles. The smallest absolute Gasteiger partial charge is 0.368 e. The van der Waals surface area contributed by atoms with Crippen molar-refractivity contribution < 1.29 is 27.8 Å². The van der Waals surface area contributed by atoms with E-state index in [0.717, 1.165) is 0 Å². The molecule has 0 saturated heterocycles. The molecule has 1 aromatic heterocycles. The SMILES string of the molecule is CC(C)OP(=O)(COc1nc(OC(C)(C)C)nc(OC(C)(C)C)c1Br)OC(C)C. The predicted molar refractivity (Wildman–Crippen MR) is 116 cm³/mol. The first-order chi connectivity index (χ1) is 13.0. The highest BCUT2D eigenvalue weighted by Gasteiger charge is 2.31. The zero-order valence-electron chi connectivity index (χ0n) is 19.0. The monoisotopic (exact) mass is 496 g/mol. The van der Waals surface area contributed by atoms with Gasteiger partial charge in [0.05, 0.1) is 12.2 Å². The fourth-order valence-corrected chi connectivity index (χ4v) is 4.14. The minimum atomic E-state index is -3.51. The Morgan fingerprint density at radius 3 is 1.72 bits per heavy atom. The summed E-state index contributed by atoms with van der Waals surface area (Å²) in [6, 6.07) is 0.0827. The summed E-state index contributed by atoms with van der Waals surface area (Å²) < 4.78 is 41.9. The first kappa shape index (κ1) is 26.1. The summed E-state index contributed by atoms with van der Waals surface area (Å²) in [5, 5.41) is 0. The van der Waals surface area contributed by atoms with Crippen LogP contribution in [0, 0.1) is 0 Å². The lowest BCUT2D eigenvalue weighted by Crippen LogP contribution is -2.26. The van der Waals surface area contributed by atoms with Gasteiger partial charge in [-0.1, -0.05) is 0 Å². The fourth-order valence-electron chi connectivity index (χ4n) is 2.03. The predicted octanol–water partition coefficient (Wildman–Crippen LogP) is 5.97. The summed E-state index contributed by atoms with van der Waals surface area (Å²) in [6.45, 7) is 18.4. The van der Waals surface area contributed by atoms with Gasteiger partial charge < -0.3 is 23.3 Å². The van der Waals surface area contributed by atoms with E-state index in [4.69, 9.17) is 23.3 Å². The third-order valence-corrected chi connectivity index (χ3v) is 5.28. The maximum atomic E-state index is 13.1. The van der Waals surface area contributed by atoms with Crippen LogP contribution in [0.1, 0.15) is 69.2 Å².